The summed E-state index contributed by atoms with van der Waals surface area (Å²) in [5.41, 5.74) is 0.257. The lowest BCUT2D eigenvalue weighted by atomic mass is 9.86. The van der Waals surface area contributed by atoms with Gasteiger partial charge in [0.1, 0.15) is 6.10 Å². The number of halogens is 1. The Morgan fingerprint density at radius 3 is 2.20 bits per heavy atom. The molecule has 30 heavy (non-hydrogen) atoms. The first-order chi connectivity index (χ1) is 14.0. The van der Waals surface area contributed by atoms with Crippen molar-refractivity contribution in [1.29, 1.82) is 0 Å². The molecule has 7 nitrogen and oxygen atoms in total. The van der Waals surface area contributed by atoms with Gasteiger partial charge in [-0.1, -0.05) is 44.2 Å². The largest absolute Gasteiger partial charge is 0.465 e. The Labute approximate surface area is 175 Å². The zero-order chi connectivity index (χ0) is 22.4. The van der Waals surface area contributed by atoms with Gasteiger partial charge in [-0.3, -0.25) is 9.59 Å². The van der Waals surface area contributed by atoms with E-state index in [1.165, 1.54) is 19.1 Å². The first-order valence-electron chi connectivity index (χ1n) is 9.13. The standard InChI is InChI=1S/C21H24FNO6S/c1-15(24)29-14-21(2,3)19(28-13-16-7-5-4-6-8-16)20(25)23-17-9-11-18(12-10-17)30(22,26)27/h4-12,19H,13-14H2,1-3H3,(H,23,25). The highest BCUT2D eigenvalue weighted by Crippen LogP contribution is 2.27. The molecule has 1 atom stereocenters. The Balaban J connectivity index is 2.18. The minimum atomic E-state index is -4.83. The minimum absolute atomic E-state index is 0.0474. The summed E-state index contributed by atoms with van der Waals surface area (Å²) in [6, 6.07) is 13.9. The summed E-state index contributed by atoms with van der Waals surface area (Å²) in [4.78, 5) is 23.7. The fourth-order valence-electron chi connectivity index (χ4n) is 2.68. The topological polar surface area (TPSA) is 98.8 Å². The number of hydrogen-bond donors (Lipinski definition) is 1. The number of amides is 1. The van der Waals surface area contributed by atoms with Crippen molar-refractivity contribution < 1.29 is 31.4 Å². The number of rotatable bonds is 9. The Hall–Kier alpha value is -2.78. The predicted octanol–water partition coefficient (Wildman–Crippen LogP) is 3.46. The highest BCUT2D eigenvalue weighted by atomic mass is 32.3. The molecule has 0 saturated heterocycles. The molecule has 1 unspecified atom stereocenters. The molecule has 0 spiro atoms. The Morgan fingerprint density at radius 2 is 1.67 bits per heavy atom. The van der Waals surface area contributed by atoms with Crippen molar-refractivity contribution in [1.82, 2.24) is 0 Å². The average Bonchev–Trinajstić information content (AvgIpc) is 2.67. The van der Waals surface area contributed by atoms with E-state index in [1.807, 2.05) is 30.3 Å². The zero-order valence-corrected chi connectivity index (χ0v) is 17.7. The van der Waals surface area contributed by atoms with E-state index in [2.05, 4.69) is 5.32 Å². The van der Waals surface area contributed by atoms with E-state index in [0.29, 0.717) is 0 Å². The van der Waals surface area contributed by atoms with E-state index in [0.717, 1.165) is 17.7 Å². The monoisotopic (exact) mass is 437 g/mol. The van der Waals surface area contributed by atoms with Gasteiger partial charge in [0.2, 0.25) is 0 Å². The normalized spacial score (nSPS) is 12.8. The fraction of sp³-hybridized carbons (Fsp3) is 0.333. The summed E-state index contributed by atoms with van der Waals surface area (Å²) >= 11 is 0. The number of nitrogens with one attached hydrogen (secondary N) is 1. The van der Waals surface area contributed by atoms with E-state index in [4.69, 9.17) is 9.47 Å². The Bertz CT molecular complexity index is 974. The smallest absolute Gasteiger partial charge is 0.332 e. The average molecular weight is 437 g/mol. The molecule has 0 fully saturated rings. The second-order valence-electron chi connectivity index (χ2n) is 7.40. The Morgan fingerprint density at radius 1 is 1.07 bits per heavy atom. The predicted molar refractivity (Wildman–Crippen MR) is 109 cm³/mol. The highest BCUT2D eigenvalue weighted by Gasteiger charge is 2.37. The maximum Gasteiger partial charge on any atom is 0.332 e. The van der Waals surface area contributed by atoms with Gasteiger partial charge in [-0.15, -0.1) is 3.89 Å². The van der Waals surface area contributed by atoms with E-state index in [1.54, 1.807) is 13.8 Å². The van der Waals surface area contributed by atoms with Gasteiger partial charge in [0.15, 0.2) is 0 Å². The quantitative estimate of drug-likeness (QED) is 0.477. The molecule has 0 aliphatic rings. The lowest BCUT2D eigenvalue weighted by Crippen LogP contribution is -2.45. The van der Waals surface area contributed by atoms with Gasteiger partial charge in [-0.2, -0.15) is 8.42 Å². The van der Waals surface area contributed by atoms with Crippen LogP contribution in [-0.4, -0.2) is 33.0 Å². The van der Waals surface area contributed by atoms with Gasteiger partial charge in [0.05, 0.1) is 18.1 Å². The molecule has 0 aliphatic heterocycles. The van der Waals surface area contributed by atoms with Crippen molar-refractivity contribution in [2.75, 3.05) is 11.9 Å². The van der Waals surface area contributed by atoms with Crippen LogP contribution in [0.3, 0.4) is 0 Å². The number of esters is 1. The molecule has 0 aromatic heterocycles. The fourth-order valence-corrected chi connectivity index (χ4v) is 3.14. The molecule has 2 rings (SSSR count). The summed E-state index contributed by atoms with van der Waals surface area (Å²) in [6.07, 6.45) is -0.998. The highest BCUT2D eigenvalue weighted by molar-refractivity contribution is 7.86. The zero-order valence-electron chi connectivity index (χ0n) is 16.9. The molecule has 0 heterocycles. The summed E-state index contributed by atoms with van der Waals surface area (Å²) in [5.74, 6) is -0.993. The van der Waals surface area contributed by atoms with Gasteiger partial charge in [0, 0.05) is 18.0 Å². The second kappa shape index (κ2) is 9.82. The molecule has 2 aromatic carbocycles. The van der Waals surface area contributed by atoms with Gasteiger partial charge in [-0.05, 0) is 29.8 Å². The van der Waals surface area contributed by atoms with Crippen LogP contribution in [0.5, 0.6) is 0 Å². The van der Waals surface area contributed by atoms with Gasteiger partial charge >= 0.3 is 16.2 Å². The Kier molecular flexibility index (Phi) is 7.69. The molecule has 1 N–H and O–H groups in total. The molecule has 0 saturated carbocycles. The van der Waals surface area contributed by atoms with Crippen molar-refractivity contribution in [3.8, 4) is 0 Å². The number of ether oxygens (including phenoxy) is 2. The number of carbonyl (C=O) groups is 2. The molecule has 0 radical (unpaired) electrons. The van der Waals surface area contributed by atoms with Crippen molar-refractivity contribution >= 4 is 27.8 Å². The van der Waals surface area contributed by atoms with Gasteiger partial charge < -0.3 is 14.8 Å². The van der Waals surface area contributed by atoms with E-state index in [9.17, 15) is 21.9 Å². The summed E-state index contributed by atoms with van der Waals surface area (Å²) in [7, 11) is -4.83. The number of hydrogen-bond acceptors (Lipinski definition) is 6. The van der Waals surface area contributed by atoms with Crippen molar-refractivity contribution in [3.63, 3.8) is 0 Å². The lowest BCUT2D eigenvalue weighted by molar-refractivity contribution is -0.154. The van der Waals surface area contributed by atoms with Crippen LogP contribution in [0, 0.1) is 5.41 Å². The van der Waals surface area contributed by atoms with E-state index < -0.39 is 38.5 Å². The molecule has 1 amide bonds. The van der Waals surface area contributed by atoms with E-state index >= 15 is 0 Å². The van der Waals surface area contributed by atoms with Crippen LogP contribution in [0.25, 0.3) is 0 Å². The molecule has 0 aliphatic carbocycles. The van der Waals surface area contributed by atoms with Crippen LogP contribution in [0.4, 0.5) is 9.57 Å². The molecule has 0 bridgehead atoms. The van der Waals surface area contributed by atoms with Crippen LogP contribution in [0.15, 0.2) is 59.5 Å². The summed E-state index contributed by atoms with van der Waals surface area (Å²) in [6.45, 7) is 4.83. The number of benzene rings is 2. The van der Waals surface area contributed by atoms with Gasteiger partial charge in [-0.25, -0.2) is 0 Å². The first kappa shape index (κ1) is 23.5. The lowest BCUT2D eigenvalue weighted by Gasteiger charge is -2.32. The van der Waals surface area contributed by atoms with E-state index in [-0.39, 0.29) is 18.9 Å². The molecule has 162 valence electrons. The van der Waals surface area contributed by atoms with Crippen LogP contribution >= 0.6 is 0 Å². The van der Waals surface area contributed by atoms with Crippen molar-refractivity contribution in [2.45, 2.75) is 38.4 Å². The van der Waals surface area contributed by atoms with Crippen molar-refractivity contribution in [3.05, 3.63) is 60.2 Å². The maximum absolute atomic E-state index is 13.0. The summed E-state index contributed by atoms with van der Waals surface area (Å²) < 4.78 is 45.9. The minimum Gasteiger partial charge on any atom is -0.465 e. The molecular formula is C21H24FNO6S. The SMILES string of the molecule is CC(=O)OCC(C)(C)C(OCc1ccccc1)C(=O)Nc1ccc(S(=O)(=O)F)cc1. The van der Waals surface area contributed by atoms with Gasteiger partial charge in [0.25, 0.3) is 5.91 Å². The van der Waals surface area contributed by atoms with Crippen LogP contribution in [0.1, 0.15) is 26.3 Å². The summed E-state index contributed by atoms with van der Waals surface area (Å²) in [5, 5.41) is 2.63. The second-order valence-corrected chi connectivity index (χ2v) is 8.74. The van der Waals surface area contributed by atoms with Crippen molar-refractivity contribution in [2.24, 2.45) is 5.41 Å². The third-order valence-corrected chi connectivity index (χ3v) is 5.09. The maximum atomic E-state index is 13.0. The van der Waals surface area contributed by atoms with Crippen LogP contribution < -0.4 is 5.32 Å². The number of carbonyl (C=O) groups excluding carboxylic acids is 2. The molecule has 9 heteroatoms. The van der Waals surface area contributed by atoms with Crippen LogP contribution in [0.2, 0.25) is 0 Å². The third kappa shape index (κ3) is 6.93. The van der Waals surface area contributed by atoms with Crippen LogP contribution in [-0.2, 0) is 35.9 Å². The third-order valence-electron chi connectivity index (χ3n) is 4.26. The molecule has 2 aromatic rings. The number of anilines is 1. The first-order valence-corrected chi connectivity index (χ1v) is 10.5. The molecular weight excluding hydrogens is 413 g/mol.